The highest BCUT2D eigenvalue weighted by molar-refractivity contribution is 6.05. The smallest absolute Gasteiger partial charge is 0.255 e. The number of carbonyl (C=O) groups excluding carboxylic acids is 3. The third kappa shape index (κ3) is 3.37. The second-order valence-corrected chi connectivity index (χ2v) is 7.97. The molecule has 3 aliphatic heterocycles. The summed E-state index contributed by atoms with van der Waals surface area (Å²) in [6.45, 7) is 4.14. The van der Waals surface area contributed by atoms with Gasteiger partial charge in [0.1, 0.15) is 6.04 Å². The van der Waals surface area contributed by atoms with E-state index >= 15 is 0 Å². The summed E-state index contributed by atoms with van der Waals surface area (Å²) in [5, 5.41) is 2.35. The van der Waals surface area contributed by atoms with E-state index in [2.05, 4.69) is 17.1 Å². The Balaban J connectivity index is 1.56. The van der Waals surface area contributed by atoms with Gasteiger partial charge in [0, 0.05) is 43.7 Å². The van der Waals surface area contributed by atoms with Gasteiger partial charge < -0.3 is 10.6 Å². The van der Waals surface area contributed by atoms with Crippen LogP contribution in [-0.2, 0) is 22.7 Å². The summed E-state index contributed by atoms with van der Waals surface area (Å²) in [5.41, 5.74) is 8.80. The van der Waals surface area contributed by atoms with Crippen molar-refractivity contribution in [1.29, 1.82) is 0 Å². The van der Waals surface area contributed by atoms with Crippen LogP contribution in [0.15, 0.2) is 18.2 Å². The van der Waals surface area contributed by atoms with Crippen LogP contribution in [0.1, 0.15) is 54.1 Å². The number of nitrogens with two attached hydrogens (primary N) is 1. The molecular weight excluding hydrogens is 344 g/mol. The number of likely N-dealkylation sites (tertiary alicyclic amines) is 1. The molecule has 0 aliphatic carbocycles. The first-order chi connectivity index (χ1) is 12.9. The largest absolute Gasteiger partial charge is 0.327 e. The number of imide groups is 1. The number of rotatable bonds is 3. The van der Waals surface area contributed by atoms with Gasteiger partial charge in [-0.05, 0) is 37.3 Å². The molecule has 144 valence electrons. The lowest BCUT2D eigenvalue weighted by Gasteiger charge is -2.37. The summed E-state index contributed by atoms with van der Waals surface area (Å²) < 4.78 is 0. The van der Waals surface area contributed by atoms with E-state index in [1.807, 2.05) is 18.2 Å². The number of nitrogens with one attached hydrogen (secondary N) is 1. The summed E-state index contributed by atoms with van der Waals surface area (Å²) in [4.78, 5) is 40.7. The maximum absolute atomic E-state index is 13.1. The Morgan fingerprint density at radius 3 is 2.78 bits per heavy atom. The molecule has 0 radical (unpaired) electrons. The second kappa shape index (κ2) is 7.05. The molecule has 3 heterocycles. The number of benzene rings is 1. The van der Waals surface area contributed by atoms with Crippen molar-refractivity contribution in [3.05, 3.63) is 34.9 Å². The van der Waals surface area contributed by atoms with Crippen LogP contribution in [0.5, 0.6) is 0 Å². The fourth-order valence-corrected chi connectivity index (χ4v) is 4.47. The Morgan fingerprint density at radius 2 is 2.00 bits per heavy atom. The number of hydrogen-bond donors (Lipinski definition) is 2. The molecule has 2 saturated heterocycles. The fraction of sp³-hybridized carbons (Fsp3) is 0.550. The van der Waals surface area contributed by atoms with Crippen LogP contribution < -0.4 is 11.1 Å². The van der Waals surface area contributed by atoms with E-state index in [-0.39, 0.29) is 30.2 Å². The van der Waals surface area contributed by atoms with Gasteiger partial charge in [-0.15, -0.1) is 0 Å². The molecule has 1 aromatic rings. The Kier molecular flexibility index (Phi) is 4.74. The predicted molar refractivity (Wildman–Crippen MR) is 99.6 cm³/mol. The number of nitrogens with zero attached hydrogens (tertiary/aromatic N) is 2. The van der Waals surface area contributed by atoms with Gasteiger partial charge >= 0.3 is 0 Å². The van der Waals surface area contributed by atoms with Gasteiger partial charge in [-0.3, -0.25) is 24.6 Å². The molecular formula is C20H26N4O3. The van der Waals surface area contributed by atoms with E-state index in [9.17, 15) is 14.4 Å². The van der Waals surface area contributed by atoms with E-state index in [1.165, 1.54) is 0 Å². The maximum atomic E-state index is 13.1. The van der Waals surface area contributed by atoms with Crippen molar-refractivity contribution >= 4 is 17.7 Å². The first kappa shape index (κ1) is 18.1. The lowest BCUT2D eigenvalue weighted by atomic mass is 9.97. The van der Waals surface area contributed by atoms with Crippen molar-refractivity contribution in [3.8, 4) is 0 Å². The first-order valence-corrected chi connectivity index (χ1v) is 9.69. The van der Waals surface area contributed by atoms with Gasteiger partial charge in [0.25, 0.3) is 5.91 Å². The molecule has 0 aromatic heterocycles. The fourth-order valence-electron chi connectivity index (χ4n) is 4.47. The number of carbonyl (C=O) groups is 3. The van der Waals surface area contributed by atoms with Crippen LogP contribution in [0, 0.1) is 0 Å². The lowest BCUT2D eigenvalue weighted by molar-refractivity contribution is -0.136. The molecule has 3 unspecified atom stereocenters. The maximum Gasteiger partial charge on any atom is 0.255 e. The third-order valence-electron chi connectivity index (χ3n) is 6.06. The average molecular weight is 370 g/mol. The molecule has 3 N–H and O–H groups in total. The minimum absolute atomic E-state index is 0.107. The summed E-state index contributed by atoms with van der Waals surface area (Å²) in [6.07, 6.45) is 2.75. The van der Waals surface area contributed by atoms with Crippen LogP contribution >= 0.6 is 0 Å². The van der Waals surface area contributed by atoms with Crippen molar-refractivity contribution in [1.82, 2.24) is 15.1 Å². The van der Waals surface area contributed by atoms with E-state index in [4.69, 9.17) is 5.73 Å². The quantitative estimate of drug-likeness (QED) is 0.766. The zero-order valence-corrected chi connectivity index (χ0v) is 15.6. The zero-order valence-electron chi connectivity index (χ0n) is 15.6. The van der Waals surface area contributed by atoms with Gasteiger partial charge in [-0.25, -0.2) is 0 Å². The highest BCUT2D eigenvalue weighted by Gasteiger charge is 2.40. The number of amides is 3. The van der Waals surface area contributed by atoms with Gasteiger partial charge in [0.05, 0.1) is 0 Å². The first-order valence-electron chi connectivity index (χ1n) is 9.69. The number of piperidine rings is 2. The van der Waals surface area contributed by atoms with Gasteiger partial charge in [-0.2, -0.15) is 0 Å². The minimum Gasteiger partial charge on any atom is -0.327 e. The molecule has 7 nitrogen and oxygen atoms in total. The standard InChI is InChI=1S/C20H26N4O3/c1-12-5-6-15(21)11-23(12)9-13-3-2-4-14-10-24(20(27)18(13)14)16-7-8-17(25)22-19(16)26/h2-4,12,15-16H,5-11,21H2,1H3,(H,22,25,26). The van der Waals surface area contributed by atoms with Gasteiger partial charge in [0.2, 0.25) is 11.8 Å². The molecule has 3 aliphatic rings. The molecule has 3 amide bonds. The summed E-state index contributed by atoms with van der Waals surface area (Å²) in [6, 6.07) is 5.96. The third-order valence-corrected chi connectivity index (χ3v) is 6.06. The van der Waals surface area contributed by atoms with E-state index in [1.54, 1.807) is 4.90 Å². The molecule has 0 spiro atoms. The Morgan fingerprint density at radius 1 is 1.19 bits per heavy atom. The van der Waals surface area contributed by atoms with Crippen molar-refractivity contribution < 1.29 is 14.4 Å². The average Bonchev–Trinajstić information content (AvgIpc) is 2.96. The molecule has 0 bridgehead atoms. The molecule has 1 aromatic carbocycles. The Bertz CT molecular complexity index is 793. The number of hydrogen-bond acceptors (Lipinski definition) is 5. The normalized spacial score (nSPS) is 29.0. The second-order valence-electron chi connectivity index (χ2n) is 7.97. The summed E-state index contributed by atoms with van der Waals surface area (Å²) in [5.74, 6) is -0.745. The Hall–Kier alpha value is -2.25. The van der Waals surface area contributed by atoms with Crippen molar-refractivity contribution in [3.63, 3.8) is 0 Å². The monoisotopic (exact) mass is 370 g/mol. The topological polar surface area (TPSA) is 95.7 Å². The van der Waals surface area contributed by atoms with Crippen LogP contribution in [0.2, 0.25) is 0 Å². The summed E-state index contributed by atoms with van der Waals surface area (Å²) in [7, 11) is 0. The lowest BCUT2D eigenvalue weighted by Crippen LogP contribution is -2.52. The Labute approximate surface area is 158 Å². The molecule has 0 saturated carbocycles. The SMILES string of the molecule is CC1CCC(N)CN1Cc1cccc2c1C(=O)N(C1CCC(=O)NC1=O)C2. The van der Waals surface area contributed by atoms with E-state index in [0.29, 0.717) is 31.1 Å². The molecule has 7 heteroatoms. The molecule has 4 rings (SSSR count). The van der Waals surface area contributed by atoms with Crippen LogP contribution in [-0.4, -0.2) is 52.2 Å². The van der Waals surface area contributed by atoms with Crippen LogP contribution in [0.4, 0.5) is 0 Å². The minimum atomic E-state index is -0.571. The van der Waals surface area contributed by atoms with Crippen molar-refractivity contribution in [2.24, 2.45) is 5.73 Å². The van der Waals surface area contributed by atoms with E-state index in [0.717, 1.165) is 30.5 Å². The van der Waals surface area contributed by atoms with Crippen LogP contribution in [0.25, 0.3) is 0 Å². The van der Waals surface area contributed by atoms with Gasteiger partial charge in [0.15, 0.2) is 0 Å². The highest BCUT2D eigenvalue weighted by atomic mass is 16.2. The molecule has 27 heavy (non-hydrogen) atoms. The molecule has 3 atom stereocenters. The summed E-state index contributed by atoms with van der Waals surface area (Å²) >= 11 is 0. The molecule has 2 fully saturated rings. The van der Waals surface area contributed by atoms with Crippen LogP contribution in [0.3, 0.4) is 0 Å². The number of fused-ring (bicyclic) bond motifs is 1. The van der Waals surface area contributed by atoms with Crippen molar-refractivity contribution in [2.75, 3.05) is 6.54 Å². The van der Waals surface area contributed by atoms with Gasteiger partial charge in [-0.1, -0.05) is 18.2 Å². The highest BCUT2D eigenvalue weighted by Crippen LogP contribution is 2.31. The zero-order chi connectivity index (χ0) is 19.1. The predicted octanol–water partition coefficient (Wildman–Crippen LogP) is 0.759. The van der Waals surface area contributed by atoms with Crippen molar-refractivity contribution in [2.45, 2.75) is 63.8 Å². The van der Waals surface area contributed by atoms with E-state index < -0.39 is 6.04 Å².